The minimum Gasteiger partial charge on any atom is -0.393 e. The summed E-state index contributed by atoms with van der Waals surface area (Å²) < 4.78 is 4.92. The van der Waals surface area contributed by atoms with E-state index < -0.39 is 4.92 Å². The number of nitro groups is 1. The predicted octanol–water partition coefficient (Wildman–Crippen LogP) is 1.76. The summed E-state index contributed by atoms with van der Waals surface area (Å²) in [6.07, 6.45) is 1.70. The normalized spacial score (nSPS) is 10.2. The number of aryl methyl sites for hydroxylation is 1. The zero-order chi connectivity index (χ0) is 11.3. The van der Waals surface area contributed by atoms with E-state index in [1.54, 1.807) is 19.2 Å². The van der Waals surface area contributed by atoms with E-state index in [2.05, 4.69) is 0 Å². The monoisotopic (exact) mass is 210 g/mol. The number of nitrogens with zero attached hydrogens (tertiary/aromatic N) is 1. The van der Waals surface area contributed by atoms with Gasteiger partial charge in [-0.1, -0.05) is 6.07 Å². The summed E-state index contributed by atoms with van der Waals surface area (Å²) in [5.74, 6) is 0. The van der Waals surface area contributed by atoms with Gasteiger partial charge in [0, 0.05) is 19.8 Å². The van der Waals surface area contributed by atoms with Crippen LogP contribution in [0.1, 0.15) is 12.0 Å². The Balaban J connectivity index is 2.69. The molecule has 0 heterocycles. The van der Waals surface area contributed by atoms with Crippen molar-refractivity contribution in [2.24, 2.45) is 0 Å². The van der Waals surface area contributed by atoms with Gasteiger partial charge in [0.25, 0.3) is 5.69 Å². The maximum absolute atomic E-state index is 10.5. The number of methoxy groups -OCH3 is 1. The van der Waals surface area contributed by atoms with E-state index in [-0.39, 0.29) is 11.4 Å². The number of ether oxygens (including phenoxy) is 1. The maximum Gasteiger partial charge on any atom is 0.292 e. The third-order valence-electron chi connectivity index (χ3n) is 2.10. The molecule has 0 bridgehead atoms. The zero-order valence-corrected chi connectivity index (χ0v) is 8.60. The lowest BCUT2D eigenvalue weighted by Crippen LogP contribution is -1.98. The van der Waals surface area contributed by atoms with Gasteiger partial charge >= 0.3 is 0 Å². The van der Waals surface area contributed by atoms with Crippen LogP contribution < -0.4 is 5.73 Å². The Morgan fingerprint density at radius 3 is 2.80 bits per heavy atom. The van der Waals surface area contributed by atoms with Crippen molar-refractivity contribution >= 4 is 11.4 Å². The number of hydrogen-bond donors (Lipinski definition) is 1. The number of anilines is 1. The summed E-state index contributed by atoms with van der Waals surface area (Å²) in [5, 5.41) is 10.5. The number of nitrogens with two attached hydrogens (primary N) is 1. The summed E-state index contributed by atoms with van der Waals surface area (Å²) in [7, 11) is 1.64. The van der Waals surface area contributed by atoms with Crippen molar-refractivity contribution in [2.45, 2.75) is 12.8 Å². The number of rotatable bonds is 5. The first-order valence-corrected chi connectivity index (χ1v) is 4.67. The molecule has 0 aromatic heterocycles. The fourth-order valence-corrected chi connectivity index (χ4v) is 1.35. The van der Waals surface area contributed by atoms with E-state index in [0.717, 1.165) is 18.4 Å². The summed E-state index contributed by atoms with van der Waals surface area (Å²) >= 11 is 0. The molecule has 5 heteroatoms. The van der Waals surface area contributed by atoms with Crippen molar-refractivity contribution in [2.75, 3.05) is 19.5 Å². The van der Waals surface area contributed by atoms with Crippen LogP contribution in [0.3, 0.4) is 0 Å². The predicted molar refractivity (Wildman–Crippen MR) is 57.7 cm³/mol. The number of hydrogen-bond acceptors (Lipinski definition) is 4. The fourth-order valence-electron chi connectivity index (χ4n) is 1.35. The van der Waals surface area contributed by atoms with Crippen molar-refractivity contribution < 1.29 is 9.66 Å². The van der Waals surface area contributed by atoms with E-state index in [1.807, 2.05) is 0 Å². The Morgan fingerprint density at radius 2 is 2.27 bits per heavy atom. The highest BCUT2D eigenvalue weighted by Crippen LogP contribution is 2.22. The molecular formula is C10H14N2O3. The van der Waals surface area contributed by atoms with Crippen LogP contribution in [-0.4, -0.2) is 18.6 Å². The number of benzene rings is 1. The van der Waals surface area contributed by atoms with Crippen LogP contribution in [0.15, 0.2) is 18.2 Å². The van der Waals surface area contributed by atoms with Crippen LogP contribution >= 0.6 is 0 Å². The van der Waals surface area contributed by atoms with Gasteiger partial charge in [0.05, 0.1) is 4.92 Å². The molecule has 0 unspecified atom stereocenters. The first kappa shape index (κ1) is 11.5. The fraction of sp³-hybridized carbons (Fsp3) is 0.400. The second kappa shape index (κ2) is 5.31. The topological polar surface area (TPSA) is 78.4 Å². The first-order valence-electron chi connectivity index (χ1n) is 4.67. The Bertz CT molecular complexity index is 353. The average molecular weight is 210 g/mol. The van der Waals surface area contributed by atoms with Crippen LogP contribution in [0.2, 0.25) is 0 Å². The molecule has 2 N–H and O–H groups in total. The highest BCUT2D eigenvalue weighted by Gasteiger charge is 2.10. The van der Waals surface area contributed by atoms with Gasteiger partial charge in [-0.25, -0.2) is 0 Å². The van der Waals surface area contributed by atoms with Gasteiger partial charge in [-0.3, -0.25) is 10.1 Å². The van der Waals surface area contributed by atoms with E-state index in [1.165, 1.54) is 6.07 Å². The molecule has 0 aliphatic carbocycles. The van der Waals surface area contributed by atoms with Crippen molar-refractivity contribution in [3.63, 3.8) is 0 Å². The standard InChI is InChI=1S/C10H14N2O3/c1-15-6-2-3-8-4-5-10(12(13)14)9(11)7-8/h4-5,7H,2-3,6,11H2,1H3. The molecule has 0 fully saturated rings. The van der Waals surface area contributed by atoms with Crippen molar-refractivity contribution in [1.29, 1.82) is 0 Å². The minimum absolute atomic E-state index is 0.0366. The molecule has 0 radical (unpaired) electrons. The Kier molecular flexibility index (Phi) is 4.05. The van der Waals surface area contributed by atoms with Gasteiger partial charge in [-0.15, -0.1) is 0 Å². The third-order valence-corrected chi connectivity index (χ3v) is 2.10. The molecule has 15 heavy (non-hydrogen) atoms. The summed E-state index contributed by atoms with van der Waals surface area (Å²) in [6.45, 7) is 0.677. The van der Waals surface area contributed by atoms with Gasteiger partial charge in [0.15, 0.2) is 0 Å². The van der Waals surface area contributed by atoms with Gasteiger partial charge < -0.3 is 10.5 Å². The molecule has 0 saturated carbocycles. The second-order valence-corrected chi connectivity index (χ2v) is 3.25. The van der Waals surface area contributed by atoms with Crippen molar-refractivity contribution in [1.82, 2.24) is 0 Å². The van der Waals surface area contributed by atoms with E-state index in [9.17, 15) is 10.1 Å². The molecule has 0 atom stereocenters. The summed E-state index contributed by atoms with van der Waals surface area (Å²) in [4.78, 5) is 10.0. The zero-order valence-electron chi connectivity index (χ0n) is 8.60. The molecule has 82 valence electrons. The van der Waals surface area contributed by atoms with Gasteiger partial charge in [-0.2, -0.15) is 0 Å². The Morgan fingerprint density at radius 1 is 1.53 bits per heavy atom. The molecule has 0 aliphatic rings. The first-order chi connectivity index (χ1) is 7.15. The Labute approximate surface area is 88.0 Å². The molecule has 0 aliphatic heterocycles. The highest BCUT2D eigenvalue weighted by molar-refractivity contribution is 5.59. The molecule has 1 aromatic rings. The minimum atomic E-state index is -0.478. The van der Waals surface area contributed by atoms with Crippen LogP contribution in [0.5, 0.6) is 0 Å². The molecule has 0 saturated heterocycles. The van der Waals surface area contributed by atoms with Gasteiger partial charge in [0.1, 0.15) is 5.69 Å². The summed E-state index contributed by atoms with van der Waals surface area (Å²) in [5.41, 5.74) is 6.73. The lowest BCUT2D eigenvalue weighted by atomic mass is 10.1. The van der Waals surface area contributed by atoms with E-state index >= 15 is 0 Å². The lowest BCUT2D eigenvalue weighted by molar-refractivity contribution is -0.383. The second-order valence-electron chi connectivity index (χ2n) is 3.25. The molecule has 1 rings (SSSR count). The smallest absolute Gasteiger partial charge is 0.292 e. The highest BCUT2D eigenvalue weighted by atomic mass is 16.6. The Hall–Kier alpha value is -1.62. The van der Waals surface area contributed by atoms with Gasteiger partial charge in [0.2, 0.25) is 0 Å². The van der Waals surface area contributed by atoms with Crippen molar-refractivity contribution in [3.05, 3.63) is 33.9 Å². The number of nitro benzene ring substituents is 1. The molecule has 0 spiro atoms. The molecular weight excluding hydrogens is 196 g/mol. The summed E-state index contributed by atoms with van der Waals surface area (Å²) in [6, 6.07) is 4.81. The van der Waals surface area contributed by atoms with Gasteiger partial charge in [-0.05, 0) is 24.5 Å². The number of nitrogen functional groups attached to an aromatic ring is 1. The SMILES string of the molecule is COCCCc1ccc([N+](=O)[O-])c(N)c1. The van der Waals surface area contributed by atoms with Crippen LogP contribution in [0, 0.1) is 10.1 Å². The maximum atomic E-state index is 10.5. The molecule has 0 amide bonds. The van der Waals surface area contributed by atoms with Crippen LogP contribution in [0.4, 0.5) is 11.4 Å². The third kappa shape index (κ3) is 3.21. The largest absolute Gasteiger partial charge is 0.393 e. The van der Waals surface area contributed by atoms with Crippen LogP contribution in [0.25, 0.3) is 0 Å². The quantitative estimate of drug-likeness (QED) is 0.347. The van der Waals surface area contributed by atoms with E-state index in [4.69, 9.17) is 10.5 Å². The average Bonchev–Trinajstić information content (AvgIpc) is 2.17. The van der Waals surface area contributed by atoms with Crippen LogP contribution in [-0.2, 0) is 11.2 Å². The van der Waals surface area contributed by atoms with Crippen molar-refractivity contribution in [3.8, 4) is 0 Å². The molecule has 1 aromatic carbocycles. The molecule has 5 nitrogen and oxygen atoms in total. The van der Waals surface area contributed by atoms with E-state index in [0.29, 0.717) is 6.61 Å². The lowest BCUT2D eigenvalue weighted by Gasteiger charge is -2.02.